The zero-order chi connectivity index (χ0) is 21.3. The number of nitro benzene ring substituents is 1. The third-order valence-electron chi connectivity index (χ3n) is 4.48. The van der Waals surface area contributed by atoms with Gasteiger partial charge >= 0.3 is 5.56 Å². The van der Waals surface area contributed by atoms with Crippen LogP contribution in [-0.2, 0) is 0 Å². The van der Waals surface area contributed by atoms with E-state index in [4.69, 9.17) is 18.0 Å². The maximum atomic E-state index is 12.8. The number of nitrogens with one attached hydrogen (secondary N) is 1. The third kappa shape index (κ3) is 3.47. The molecule has 30 heavy (non-hydrogen) atoms. The molecule has 0 amide bonds. The highest BCUT2D eigenvalue weighted by Gasteiger charge is 2.18. The number of H-pyrrole nitrogens is 1. The fourth-order valence-electron chi connectivity index (χ4n) is 3.03. The van der Waals surface area contributed by atoms with Crippen molar-refractivity contribution in [2.24, 2.45) is 16.0 Å². The van der Waals surface area contributed by atoms with E-state index in [0.717, 1.165) is 15.5 Å². The summed E-state index contributed by atoms with van der Waals surface area (Å²) in [5.74, 6) is 0. The molecule has 0 atom stereocenters. The first-order valence-electron chi connectivity index (χ1n) is 8.75. The van der Waals surface area contributed by atoms with Crippen molar-refractivity contribution in [3.8, 4) is 11.3 Å². The number of nitrogens with zero attached hydrogens (tertiary/aromatic N) is 4. The van der Waals surface area contributed by atoms with Crippen LogP contribution in [0.5, 0.6) is 0 Å². The molecule has 0 aliphatic carbocycles. The van der Waals surface area contributed by atoms with E-state index in [1.54, 1.807) is 6.07 Å². The van der Waals surface area contributed by atoms with Gasteiger partial charge in [-0.2, -0.15) is 4.68 Å². The Hall–Kier alpha value is -4.18. The van der Waals surface area contributed by atoms with Gasteiger partial charge < -0.3 is 5.73 Å². The van der Waals surface area contributed by atoms with E-state index < -0.39 is 10.5 Å². The lowest BCUT2D eigenvalue weighted by Gasteiger charge is -2.01. The lowest BCUT2D eigenvalue weighted by Crippen LogP contribution is -2.29. The summed E-state index contributed by atoms with van der Waals surface area (Å²) in [4.78, 5) is 23.2. The van der Waals surface area contributed by atoms with Gasteiger partial charge in [0.1, 0.15) is 0 Å². The summed E-state index contributed by atoms with van der Waals surface area (Å²) in [6.45, 7) is 0. The maximum Gasteiger partial charge on any atom is 0.301 e. The lowest BCUT2D eigenvalue weighted by atomic mass is 10.1. The minimum atomic E-state index is -0.570. The fourth-order valence-corrected chi connectivity index (χ4v) is 3.16. The van der Waals surface area contributed by atoms with Gasteiger partial charge in [0, 0.05) is 23.1 Å². The number of rotatable bonds is 4. The quantitative estimate of drug-likeness (QED) is 0.219. The van der Waals surface area contributed by atoms with Crippen molar-refractivity contribution in [1.82, 2.24) is 9.78 Å². The van der Waals surface area contributed by atoms with Crippen molar-refractivity contribution in [3.63, 3.8) is 0 Å². The summed E-state index contributed by atoms with van der Waals surface area (Å²) in [7, 11) is 0. The molecular formula is C20H14N6O3S. The molecule has 1 aromatic heterocycles. The number of nitrogens with two attached hydrogens (primary N) is 1. The summed E-state index contributed by atoms with van der Waals surface area (Å²) in [5, 5.41) is 23.8. The zero-order valence-electron chi connectivity index (χ0n) is 15.4. The van der Waals surface area contributed by atoms with Crippen LogP contribution in [0.15, 0.2) is 81.8 Å². The van der Waals surface area contributed by atoms with Crippen molar-refractivity contribution >= 4 is 45.2 Å². The number of non-ortho nitro benzene ring substituents is 1. The van der Waals surface area contributed by atoms with Crippen LogP contribution in [0.2, 0.25) is 0 Å². The number of fused-ring (bicyclic) bond motifs is 1. The van der Waals surface area contributed by atoms with Crippen LogP contribution in [0.25, 0.3) is 22.0 Å². The fraction of sp³-hybridized carbons (Fsp3) is 0. The van der Waals surface area contributed by atoms with Crippen LogP contribution >= 0.6 is 12.2 Å². The van der Waals surface area contributed by atoms with Gasteiger partial charge in [0.05, 0.1) is 16.3 Å². The van der Waals surface area contributed by atoms with E-state index in [1.165, 1.54) is 24.3 Å². The number of thiocarbonyl (C=S) groups is 1. The van der Waals surface area contributed by atoms with Crippen molar-refractivity contribution < 1.29 is 4.92 Å². The molecule has 3 aromatic carbocycles. The predicted molar refractivity (Wildman–Crippen MR) is 117 cm³/mol. The normalized spacial score (nSPS) is 11.2. The third-order valence-corrected chi connectivity index (χ3v) is 4.66. The van der Waals surface area contributed by atoms with Gasteiger partial charge in [-0.25, -0.2) is 0 Å². The minimum absolute atomic E-state index is 0.00964. The topological polar surface area (TPSA) is 132 Å². The molecule has 4 rings (SSSR count). The van der Waals surface area contributed by atoms with E-state index in [-0.39, 0.29) is 16.5 Å². The average Bonchev–Trinajstić information content (AvgIpc) is 3.08. The number of azo groups is 1. The summed E-state index contributed by atoms with van der Waals surface area (Å²) in [6, 6.07) is 18.9. The van der Waals surface area contributed by atoms with E-state index in [0.29, 0.717) is 16.9 Å². The Labute approximate surface area is 174 Å². The van der Waals surface area contributed by atoms with Gasteiger partial charge in [-0.3, -0.25) is 20.0 Å². The van der Waals surface area contributed by atoms with Crippen LogP contribution < -0.4 is 11.3 Å². The number of aromatic nitrogens is 2. The highest BCUT2D eigenvalue weighted by molar-refractivity contribution is 7.80. The highest BCUT2D eigenvalue weighted by atomic mass is 32.1. The summed E-state index contributed by atoms with van der Waals surface area (Å²) in [5.41, 5.74) is 6.35. The van der Waals surface area contributed by atoms with Crippen LogP contribution in [0.3, 0.4) is 0 Å². The van der Waals surface area contributed by atoms with Crippen LogP contribution in [-0.4, -0.2) is 19.8 Å². The SMILES string of the molecule is NC(=S)n1[nH]c(-c2ccc([N+](=O)[O-])cc2)c(N=Nc2cccc3ccccc23)c1=O. The first-order chi connectivity index (χ1) is 14.5. The Balaban J connectivity index is 1.84. The predicted octanol–water partition coefficient (Wildman–Crippen LogP) is 4.41. The first-order valence-corrected chi connectivity index (χ1v) is 9.15. The molecule has 0 bridgehead atoms. The second kappa shape index (κ2) is 7.68. The molecule has 0 fully saturated rings. The van der Waals surface area contributed by atoms with Gasteiger partial charge in [0.2, 0.25) is 0 Å². The summed E-state index contributed by atoms with van der Waals surface area (Å²) < 4.78 is 0.976. The average molecular weight is 418 g/mol. The molecule has 0 saturated heterocycles. The Bertz CT molecular complexity index is 1370. The second-order valence-corrected chi connectivity index (χ2v) is 6.73. The van der Waals surface area contributed by atoms with E-state index in [2.05, 4.69) is 15.3 Å². The molecular weight excluding hydrogens is 404 g/mol. The van der Waals surface area contributed by atoms with Gasteiger partial charge in [-0.1, -0.05) is 36.4 Å². The monoisotopic (exact) mass is 418 g/mol. The molecule has 148 valence electrons. The standard InChI is InChI=1S/C20H14N6O3S/c21-20(30)25-19(27)18(17(24-25)13-8-10-14(11-9-13)26(28)29)23-22-16-7-3-5-12-4-1-2-6-15(12)16/h1-11,24H,(H2,21,30). The summed E-state index contributed by atoms with van der Waals surface area (Å²) in [6.07, 6.45) is 0. The number of hydrogen-bond acceptors (Lipinski definition) is 6. The Morgan fingerprint density at radius 2 is 1.73 bits per heavy atom. The van der Waals surface area contributed by atoms with Gasteiger partial charge in [0.15, 0.2) is 10.8 Å². The molecule has 10 heteroatoms. The van der Waals surface area contributed by atoms with Crippen molar-refractivity contribution in [3.05, 3.63) is 87.2 Å². The molecule has 0 unspecified atom stereocenters. The van der Waals surface area contributed by atoms with Gasteiger partial charge in [0.25, 0.3) is 5.69 Å². The van der Waals surface area contributed by atoms with E-state index in [9.17, 15) is 14.9 Å². The maximum absolute atomic E-state index is 12.8. The summed E-state index contributed by atoms with van der Waals surface area (Å²) >= 11 is 4.92. The molecule has 4 aromatic rings. The van der Waals surface area contributed by atoms with Crippen LogP contribution in [0.4, 0.5) is 17.1 Å². The molecule has 3 N–H and O–H groups in total. The highest BCUT2D eigenvalue weighted by Crippen LogP contribution is 2.31. The largest absolute Gasteiger partial charge is 0.374 e. The van der Waals surface area contributed by atoms with E-state index in [1.807, 2.05) is 36.4 Å². The molecule has 0 saturated carbocycles. The smallest absolute Gasteiger partial charge is 0.301 e. The van der Waals surface area contributed by atoms with Gasteiger partial charge in [-0.05, 0) is 35.8 Å². The number of hydrogen-bond donors (Lipinski definition) is 2. The van der Waals surface area contributed by atoms with Crippen molar-refractivity contribution in [1.29, 1.82) is 0 Å². The first kappa shape index (κ1) is 19.2. The Morgan fingerprint density at radius 1 is 1.03 bits per heavy atom. The molecule has 0 aliphatic rings. The molecule has 1 heterocycles. The van der Waals surface area contributed by atoms with Gasteiger partial charge in [-0.15, -0.1) is 10.2 Å². The zero-order valence-corrected chi connectivity index (χ0v) is 16.2. The van der Waals surface area contributed by atoms with Crippen LogP contribution in [0.1, 0.15) is 0 Å². The molecule has 0 spiro atoms. The van der Waals surface area contributed by atoms with Crippen LogP contribution in [0, 0.1) is 10.1 Å². The molecule has 0 aliphatic heterocycles. The second-order valence-electron chi connectivity index (χ2n) is 6.32. The van der Waals surface area contributed by atoms with Crippen molar-refractivity contribution in [2.45, 2.75) is 0 Å². The Morgan fingerprint density at radius 3 is 2.43 bits per heavy atom. The Kier molecular flexibility index (Phi) is 4.90. The number of nitro groups is 1. The number of benzene rings is 3. The lowest BCUT2D eigenvalue weighted by molar-refractivity contribution is -0.384. The molecule has 9 nitrogen and oxygen atoms in total. The molecule has 0 radical (unpaired) electrons. The number of aromatic amines is 1. The van der Waals surface area contributed by atoms with E-state index >= 15 is 0 Å². The van der Waals surface area contributed by atoms with Crippen molar-refractivity contribution in [2.75, 3.05) is 0 Å². The minimum Gasteiger partial charge on any atom is -0.374 e.